The molecular weight excluding hydrogens is 264 g/mol. The number of carbonyl (C=O) groups is 1. The highest BCUT2D eigenvalue weighted by atomic mass is 16.5. The van der Waals surface area contributed by atoms with Crippen LogP contribution in [-0.2, 0) is 9.53 Å². The lowest BCUT2D eigenvalue weighted by Gasteiger charge is -2.31. The molecule has 1 saturated heterocycles. The van der Waals surface area contributed by atoms with Gasteiger partial charge in [-0.2, -0.15) is 0 Å². The monoisotopic (exact) mass is 296 g/mol. The molecule has 0 amide bonds. The molecule has 1 N–H and O–H groups in total. The summed E-state index contributed by atoms with van der Waals surface area (Å²) in [6.07, 6.45) is 9.65. The van der Waals surface area contributed by atoms with Gasteiger partial charge in [-0.15, -0.1) is 0 Å². The highest BCUT2D eigenvalue weighted by Crippen LogP contribution is 2.26. The van der Waals surface area contributed by atoms with Crippen LogP contribution < -0.4 is 5.32 Å². The molecule has 0 bridgehead atoms. The van der Waals surface area contributed by atoms with Gasteiger partial charge in [0.05, 0.1) is 7.11 Å². The van der Waals surface area contributed by atoms with Crippen molar-refractivity contribution >= 4 is 5.97 Å². The lowest BCUT2D eigenvalue weighted by Crippen LogP contribution is -2.51. The van der Waals surface area contributed by atoms with Gasteiger partial charge >= 0.3 is 5.97 Å². The van der Waals surface area contributed by atoms with Crippen molar-refractivity contribution < 1.29 is 9.53 Å². The number of esters is 1. The highest BCUT2D eigenvalue weighted by molar-refractivity contribution is 5.80. The second-order valence-electron chi connectivity index (χ2n) is 7.08. The molecule has 2 atom stereocenters. The largest absolute Gasteiger partial charge is 0.468 e. The Morgan fingerprint density at radius 3 is 2.71 bits per heavy atom. The van der Waals surface area contributed by atoms with Crippen LogP contribution in [0.5, 0.6) is 0 Å². The highest BCUT2D eigenvalue weighted by Gasteiger charge is 2.39. The number of hydrogen-bond acceptors (Lipinski definition) is 4. The first-order valence-electron chi connectivity index (χ1n) is 8.65. The third-order valence-corrected chi connectivity index (χ3v) is 5.05. The maximum absolute atomic E-state index is 12.1. The van der Waals surface area contributed by atoms with Crippen LogP contribution in [0, 0.1) is 0 Å². The summed E-state index contributed by atoms with van der Waals surface area (Å²) in [6.45, 7) is 6.66. The van der Waals surface area contributed by atoms with Crippen molar-refractivity contribution in [1.82, 2.24) is 10.2 Å². The lowest BCUT2D eigenvalue weighted by atomic mass is 9.95. The average Bonchev–Trinajstić information content (AvgIpc) is 3.28. The minimum absolute atomic E-state index is 0.113. The maximum atomic E-state index is 12.1. The van der Waals surface area contributed by atoms with Crippen molar-refractivity contribution in [3.63, 3.8) is 0 Å². The molecule has 21 heavy (non-hydrogen) atoms. The van der Waals surface area contributed by atoms with E-state index >= 15 is 0 Å². The fourth-order valence-corrected chi connectivity index (χ4v) is 3.44. The van der Waals surface area contributed by atoms with Gasteiger partial charge in [0, 0.05) is 12.1 Å². The summed E-state index contributed by atoms with van der Waals surface area (Å²) in [7, 11) is 1.49. The number of carbonyl (C=O) groups excluding carboxylic acids is 1. The molecular formula is C17H32N2O2. The Morgan fingerprint density at radius 2 is 2.05 bits per heavy atom. The molecule has 122 valence electrons. The molecule has 1 aliphatic carbocycles. The van der Waals surface area contributed by atoms with Gasteiger partial charge < -0.3 is 9.64 Å². The van der Waals surface area contributed by atoms with Crippen molar-refractivity contribution in [2.45, 2.75) is 82.8 Å². The quantitative estimate of drug-likeness (QED) is 0.734. The second kappa shape index (κ2) is 7.59. The fraction of sp³-hybridized carbons (Fsp3) is 0.941. The standard InChI is InChI=1S/C17H32N2O2/c1-14-8-5-4-6-12-19(14)13-7-11-17(2,16(20)21-3)18-15-9-10-15/h14-15,18H,4-13H2,1-3H3. The van der Waals surface area contributed by atoms with Gasteiger partial charge in [0.25, 0.3) is 0 Å². The van der Waals surface area contributed by atoms with Gasteiger partial charge in [0.1, 0.15) is 5.54 Å². The zero-order valence-electron chi connectivity index (χ0n) is 14.0. The predicted octanol–water partition coefficient (Wildman–Crippen LogP) is 2.71. The molecule has 0 aromatic rings. The van der Waals surface area contributed by atoms with Crippen LogP contribution in [0.4, 0.5) is 0 Å². The van der Waals surface area contributed by atoms with Gasteiger partial charge in [-0.1, -0.05) is 12.8 Å². The summed E-state index contributed by atoms with van der Waals surface area (Å²) in [4.78, 5) is 14.7. The zero-order valence-corrected chi connectivity index (χ0v) is 14.0. The van der Waals surface area contributed by atoms with Crippen molar-refractivity contribution in [2.24, 2.45) is 0 Å². The summed E-state index contributed by atoms with van der Waals surface area (Å²) >= 11 is 0. The first-order chi connectivity index (χ1) is 10.0. The van der Waals surface area contributed by atoms with Gasteiger partial charge in [0.2, 0.25) is 0 Å². The summed E-state index contributed by atoms with van der Waals surface area (Å²) < 4.78 is 5.01. The smallest absolute Gasteiger partial charge is 0.325 e. The molecule has 1 saturated carbocycles. The molecule has 2 rings (SSSR count). The van der Waals surface area contributed by atoms with Crippen molar-refractivity contribution in [2.75, 3.05) is 20.2 Å². The van der Waals surface area contributed by atoms with E-state index in [4.69, 9.17) is 4.74 Å². The lowest BCUT2D eigenvalue weighted by molar-refractivity contribution is -0.148. The van der Waals surface area contributed by atoms with Crippen LogP contribution in [-0.4, -0.2) is 48.7 Å². The van der Waals surface area contributed by atoms with Gasteiger partial charge in [-0.05, 0) is 65.5 Å². The average molecular weight is 296 g/mol. The minimum Gasteiger partial charge on any atom is -0.468 e. The van der Waals surface area contributed by atoms with E-state index in [1.54, 1.807) is 0 Å². The number of rotatable bonds is 7. The van der Waals surface area contributed by atoms with Gasteiger partial charge in [-0.25, -0.2) is 0 Å². The predicted molar refractivity (Wildman–Crippen MR) is 85.3 cm³/mol. The minimum atomic E-state index is -0.509. The van der Waals surface area contributed by atoms with Gasteiger partial charge in [0.15, 0.2) is 0 Å². The molecule has 1 aliphatic heterocycles. The van der Waals surface area contributed by atoms with Crippen LogP contribution >= 0.6 is 0 Å². The third kappa shape index (κ3) is 4.96. The molecule has 2 aliphatic rings. The molecule has 0 spiro atoms. The summed E-state index contributed by atoms with van der Waals surface area (Å²) in [5.74, 6) is -0.113. The summed E-state index contributed by atoms with van der Waals surface area (Å²) in [6, 6.07) is 1.21. The Bertz CT molecular complexity index is 344. The Labute approximate surface area is 129 Å². The first-order valence-corrected chi connectivity index (χ1v) is 8.65. The first kappa shape index (κ1) is 16.8. The Balaban J connectivity index is 1.81. The van der Waals surface area contributed by atoms with Crippen molar-refractivity contribution in [3.05, 3.63) is 0 Å². The molecule has 4 nitrogen and oxygen atoms in total. The molecule has 0 aromatic heterocycles. The normalized spacial score (nSPS) is 26.9. The molecule has 0 radical (unpaired) electrons. The number of nitrogens with one attached hydrogen (secondary N) is 1. The van der Waals surface area contributed by atoms with Gasteiger partial charge in [-0.3, -0.25) is 10.1 Å². The summed E-state index contributed by atoms with van der Waals surface area (Å²) in [5.41, 5.74) is -0.509. The molecule has 4 heteroatoms. The van der Waals surface area contributed by atoms with E-state index in [0.29, 0.717) is 12.1 Å². The number of likely N-dealkylation sites (tertiary alicyclic amines) is 1. The van der Waals surface area contributed by atoms with E-state index in [1.807, 2.05) is 6.92 Å². The van der Waals surface area contributed by atoms with Crippen LogP contribution in [0.3, 0.4) is 0 Å². The number of methoxy groups -OCH3 is 1. The topological polar surface area (TPSA) is 41.6 Å². The van der Waals surface area contributed by atoms with E-state index < -0.39 is 5.54 Å². The van der Waals surface area contributed by atoms with Crippen LogP contribution in [0.1, 0.15) is 65.2 Å². The number of ether oxygens (including phenoxy) is 1. The Hall–Kier alpha value is -0.610. The van der Waals surface area contributed by atoms with E-state index in [0.717, 1.165) is 19.4 Å². The van der Waals surface area contributed by atoms with E-state index in [2.05, 4.69) is 17.1 Å². The molecule has 2 unspecified atom stereocenters. The third-order valence-electron chi connectivity index (χ3n) is 5.05. The van der Waals surface area contributed by atoms with Crippen LogP contribution in [0.25, 0.3) is 0 Å². The summed E-state index contributed by atoms with van der Waals surface area (Å²) in [5, 5.41) is 3.49. The fourth-order valence-electron chi connectivity index (χ4n) is 3.44. The molecule has 1 heterocycles. The maximum Gasteiger partial charge on any atom is 0.325 e. The van der Waals surface area contributed by atoms with Crippen LogP contribution in [0.15, 0.2) is 0 Å². The zero-order chi connectivity index (χ0) is 15.3. The molecule has 2 fully saturated rings. The Kier molecular flexibility index (Phi) is 6.06. The van der Waals surface area contributed by atoms with E-state index in [-0.39, 0.29) is 5.97 Å². The van der Waals surface area contributed by atoms with Crippen LogP contribution in [0.2, 0.25) is 0 Å². The molecule has 0 aromatic carbocycles. The second-order valence-corrected chi connectivity index (χ2v) is 7.08. The SMILES string of the molecule is COC(=O)C(C)(CCCN1CCCCCC1C)NC1CC1. The van der Waals surface area contributed by atoms with Crippen molar-refractivity contribution in [1.29, 1.82) is 0 Å². The number of hydrogen-bond donors (Lipinski definition) is 1. The van der Waals surface area contributed by atoms with E-state index in [1.165, 1.54) is 52.2 Å². The van der Waals surface area contributed by atoms with Crippen molar-refractivity contribution in [3.8, 4) is 0 Å². The van der Waals surface area contributed by atoms with E-state index in [9.17, 15) is 4.79 Å². The number of nitrogens with zero attached hydrogens (tertiary/aromatic N) is 1. The Morgan fingerprint density at radius 1 is 1.29 bits per heavy atom.